The number of nitrogens with one attached hydrogen (secondary N) is 2. The van der Waals surface area contributed by atoms with Crippen LogP contribution in [0.4, 0.5) is 13.2 Å². The summed E-state index contributed by atoms with van der Waals surface area (Å²) in [5, 5.41) is 5.28. The summed E-state index contributed by atoms with van der Waals surface area (Å²) in [7, 11) is 0. The maximum atomic E-state index is 12.9. The third-order valence-corrected chi connectivity index (χ3v) is 7.27. The van der Waals surface area contributed by atoms with Gasteiger partial charge in [0.25, 0.3) is 11.8 Å². The summed E-state index contributed by atoms with van der Waals surface area (Å²) in [6, 6.07) is 11.7. The number of halogens is 3. The molecule has 2 fully saturated rings. The van der Waals surface area contributed by atoms with Crippen LogP contribution in [0.3, 0.4) is 0 Å². The Morgan fingerprint density at radius 3 is 2.36 bits per heavy atom. The van der Waals surface area contributed by atoms with Crippen molar-refractivity contribution >= 4 is 17.7 Å². The lowest BCUT2D eigenvalue weighted by molar-refractivity contribution is -0.137. The van der Waals surface area contributed by atoms with Gasteiger partial charge in [0.15, 0.2) is 0 Å². The molecule has 0 aromatic heterocycles. The molecule has 210 valence electrons. The van der Waals surface area contributed by atoms with Crippen LogP contribution in [0.5, 0.6) is 0 Å². The molecule has 2 aromatic carbocycles. The minimum Gasteiger partial charge on any atom is -0.350 e. The lowest BCUT2D eigenvalue weighted by atomic mass is 10.1. The third kappa shape index (κ3) is 7.79. The number of alkyl halides is 3. The maximum Gasteiger partial charge on any atom is 0.416 e. The molecule has 2 saturated heterocycles. The highest BCUT2D eigenvalue weighted by atomic mass is 19.4. The van der Waals surface area contributed by atoms with E-state index in [1.165, 1.54) is 6.07 Å². The number of carbonyl (C=O) groups is 3. The van der Waals surface area contributed by atoms with E-state index in [1.54, 1.807) is 0 Å². The number of piperazine rings is 1. The van der Waals surface area contributed by atoms with Gasteiger partial charge in [0.1, 0.15) is 0 Å². The first-order chi connectivity index (χ1) is 18.6. The van der Waals surface area contributed by atoms with Gasteiger partial charge in [0.2, 0.25) is 5.91 Å². The zero-order valence-corrected chi connectivity index (χ0v) is 22.0. The van der Waals surface area contributed by atoms with Crippen LogP contribution >= 0.6 is 0 Å². The van der Waals surface area contributed by atoms with Crippen LogP contribution in [0.15, 0.2) is 48.5 Å². The SMILES string of the molecule is Cc1ccccc1C(=O)N1CCN(CCN2CCC(NC(=O)CNC(=O)c3cccc(C(F)(F)F)c3)C2)CC1. The predicted molar refractivity (Wildman–Crippen MR) is 140 cm³/mol. The van der Waals surface area contributed by atoms with Crippen molar-refractivity contribution in [2.24, 2.45) is 0 Å². The molecule has 11 heteroatoms. The normalized spacial score (nSPS) is 18.7. The van der Waals surface area contributed by atoms with Crippen molar-refractivity contribution in [3.8, 4) is 0 Å². The van der Waals surface area contributed by atoms with Crippen LogP contribution in [0.1, 0.15) is 38.3 Å². The smallest absolute Gasteiger partial charge is 0.350 e. The van der Waals surface area contributed by atoms with Gasteiger partial charge in [-0.05, 0) is 43.2 Å². The van der Waals surface area contributed by atoms with Crippen molar-refractivity contribution in [1.29, 1.82) is 0 Å². The number of hydrogen-bond acceptors (Lipinski definition) is 5. The number of aryl methyl sites for hydroxylation is 1. The predicted octanol–water partition coefficient (Wildman–Crippen LogP) is 2.39. The van der Waals surface area contributed by atoms with Crippen LogP contribution in [0.2, 0.25) is 0 Å². The van der Waals surface area contributed by atoms with Gasteiger partial charge in [-0.15, -0.1) is 0 Å². The van der Waals surface area contributed by atoms with E-state index < -0.39 is 17.6 Å². The monoisotopic (exact) mass is 545 g/mol. The van der Waals surface area contributed by atoms with Gasteiger partial charge in [0, 0.05) is 69.5 Å². The van der Waals surface area contributed by atoms with Crippen LogP contribution in [-0.2, 0) is 11.0 Å². The van der Waals surface area contributed by atoms with Gasteiger partial charge in [0.05, 0.1) is 12.1 Å². The van der Waals surface area contributed by atoms with Crippen molar-refractivity contribution in [1.82, 2.24) is 25.3 Å². The topological polar surface area (TPSA) is 85.0 Å². The molecule has 0 spiro atoms. The van der Waals surface area contributed by atoms with Crippen molar-refractivity contribution in [2.45, 2.75) is 25.6 Å². The largest absolute Gasteiger partial charge is 0.416 e. The van der Waals surface area contributed by atoms with E-state index in [2.05, 4.69) is 20.4 Å². The Bertz CT molecular complexity index is 1180. The molecule has 2 heterocycles. The van der Waals surface area contributed by atoms with Crippen LogP contribution in [0.25, 0.3) is 0 Å². The van der Waals surface area contributed by atoms with Gasteiger partial charge in [-0.2, -0.15) is 13.2 Å². The second kappa shape index (κ2) is 12.6. The quantitative estimate of drug-likeness (QED) is 0.532. The summed E-state index contributed by atoms with van der Waals surface area (Å²) in [5.41, 5.74) is 0.679. The fourth-order valence-corrected chi connectivity index (χ4v) is 4.97. The van der Waals surface area contributed by atoms with Gasteiger partial charge in [-0.3, -0.25) is 24.2 Å². The average molecular weight is 546 g/mol. The van der Waals surface area contributed by atoms with Crippen LogP contribution in [0, 0.1) is 6.92 Å². The fraction of sp³-hybridized carbons (Fsp3) is 0.464. The highest BCUT2D eigenvalue weighted by Crippen LogP contribution is 2.29. The Hall–Kier alpha value is -3.44. The number of amides is 3. The van der Waals surface area contributed by atoms with E-state index in [-0.39, 0.29) is 30.0 Å². The van der Waals surface area contributed by atoms with E-state index >= 15 is 0 Å². The Balaban J connectivity index is 1.13. The minimum atomic E-state index is -4.54. The van der Waals surface area contributed by atoms with Crippen molar-refractivity contribution in [2.75, 3.05) is 58.9 Å². The molecule has 0 bridgehead atoms. The van der Waals surface area contributed by atoms with Gasteiger partial charge >= 0.3 is 6.18 Å². The number of hydrogen-bond donors (Lipinski definition) is 2. The number of rotatable bonds is 8. The molecule has 2 N–H and O–H groups in total. The Labute approximate surface area is 226 Å². The van der Waals surface area contributed by atoms with E-state index in [0.29, 0.717) is 19.6 Å². The molecule has 2 aromatic rings. The Morgan fingerprint density at radius 2 is 1.64 bits per heavy atom. The molecule has 0 saturated carbocycles. The first kappa shape index (κ1) is 28.6. The first-order valence-corrected chi connectivity index (χ1v) is 13.1. The molecule has 3 amide bonds. The fourth-order valence-electron chi connectivity index (χ4n) is 4.97. The number of carbonyl (C=O) groups excluding carboxylic acids is 3. The molecule has 39 heavy (non-hydrogen) atoms. The van der Waals surface area contributed by atoms with Crippen LogP contribution in [-0.4, -0.2) is 97.4 Å². The van der Waals surface area contributed by atoms with Gasteiger partial charge < -0.3 is 15.5 Å². The number of likely N-dealkylation sites (tertiary alicyclic amines) is 1. The molecule has 1 atom stereocenters. The highest BCUT2D eigenvalue weighted by molar-refractivity contribution is 5.97. The second-order valence-electron chi connectivity index (χ2n) is 10.1. The van der Waals surface area contributed by atoms with Crippen molar-refractivity contribution < 1.29 is 27.6 Å². The Kier molecular flexibility index (Phi) is 9.24. The third-order valence-electron chi connectivity index (χ3n) is 7.27. The molecule has 1 unspecified atom stereocenters. The minimum absolute atomic E-state index is 0.0495. The summed E-state index contributed by atoms with van der Waals surface area (Å²) < 4.78 is 38.6. The summed E-state index contributed by atoms with van der Waals surface area (Å²) in [6.07, 6.45) is -3.76. The van der Waals surface area contributed by atoms with E-state index in [9.17, 15) is 27.6 Å². The molecule has 2 aliphatic rings. The standard InChI is InChI=1S/C28H34F3N5O3/c1-20-5-2-3-8-24(20)27(39)36-15-13-34(14-16-36)11-12-35-10-9-23(19-35)33-25(37)18-32-26(38)21-6-4-7-22(17-21)28(29,30)31/h2-8,17,23H,9-16,18-19H2,1H3,(H,32,38)(H,33,37). The van der Waals surface area contributed by atoms with Gasteiger partial charge in [-0.1, -0.05) is 24.3 Å². The molecule has 4 rings (SSSR count). The summed E-state index contributed by atoms with van der Waals surface area (Å²) in [5.74, 6) is -1.03. The lowest BCUT2D eigenvalue weighted by Gasteiger charge is -2.35. The zero-order valence-electron chi connectivity index (χ0n) is 22.0. The average Bonchev–Trinajstić information content (AvgIpc) is 3.37. The molecule has 0 radical (unpaired) electrons. The molecule has 0 aliphatic carbocycles. The maximum absolute atomic E-state index is 12.9. The summed E-state index contributed by atoms with van der Waals surface area (Å²) >= 11 is 0. The summed E-state index contributed by atoms with van der Waals surface area (Å²) in [4.78, 5) is 43.9. The van der Waals surface area contributed by atoms with E-state index in [1.807, 2.05) is 36.1 Å². The Morgan fingerprint density at radius 1 is 0.923 bits per heavy atom. The van der Waals surface area contributed by atoms with Crippen LogP contribution < -0.4 is 10.6 Å². The summed E-state index contributed by atoms with van der Waals surface area (Å²) in [6.45, 7) is 7.92. The number of nitrogens with zero attached hydrogens (tertiary/aromatic N) is 3. The molecule has 2 aliphatic heterocycles. The molecular weight excluding hydrogens is 511 g/mol. The second-order valence-corrected chi connectivity index (χ2v) is 10.1. The van der Waals surface area contributed by atoms with Crippen molar-refractivity contribution in [3.05, 3.63) is 70.8 Å². The van der Waals surface area contributed by atoms with E-state index in [4.69, 9.17) is 0 Å². The zero-order chi connectivity index (χ0) is 28.0. The number of benzene rings is 2. The first-order valence-electron chi connectivity index (χ1n) is 13.1. The lowest BCUT2D eigenvalue weighted by Crippen LogP contribution is -2.50. The molecular formula is C28H34F3N5O3. The van der Waals surface area contributed by atoms with E-state index in [0.717, 1.165) is 68.5 Å². The molecule has 8 nitrogen and oxygen atoms in total. The van der Waals surface area contributed by atoms with Gasteiger partial charge in [-0.25, -0.2) is 0 Å². The highest BCUT2D eigenvalue weighted by Gasteiger charge is 2.31. The van der Waals surface area contributed by atoms with Crippen molar-refractivity contribution in [3.63, 3.8) is 0 Å².